The molecule has 0 bridgehead atoms. The third-order valence-corrected chi connectivity index (χ3v) is 8.63. The van der Waals surface area contributed by atoms with Crippen LogP contribution in [0, 0.1) is 41.3 Å². The van der Waals surface area contributed by atoms with Gasteiger partial charge in [-0.2, -0.15) is 0 Å². The lowest BCUT2D eigenvalue weighted by atomic mass is 9.80. The number of carboxylic acid groups (broad SMARTS) is 1. The molecule has 0 radical (unpaired) electrons. The molecular weight excluding hydrogens is 525 g/mol. The number of benzene rings is 1. The minimum Gasteiger partial charge on any atom is -0.465 e. The third-order valence-electron chi connectivity index (χ3n) is 8.63. The summed E-state index contributed by atoms with van der Waals surface area (Å²) in [4.78, 5) is 25.1. The fourth-order valence-corrected chi connectivity index (χ4v) is 5.92. The molecule has 1 aromatic carbocycles. The van der Waals surface area contributed by atoms with Crippen molar-refractivity contribution in [2.24, 2.45) is 17.8 Å². The van der Waals surface area contributed by atoms with Crippen LogP contribution in [0.2, 0.25) is 0 Å². The molecule has 5 rings (SSSR count). The van der Waals surface area contributed by atoms with E-state index < -0.39 is 23.3 Å². The lowest BCUT2D eigenvalue weighted by molar-refractivity contribution is 0.0864. The van der Waals surface area contributed by atoms with Gasteiger partial charge in [-0.15, -0.1) is 12.3 Å². The average Bonchev–Trinajstić information content (AvgIpc) is 3.27. The van der Waals surface area contributed by atoms with E-state index in [0.29, 0.717) is 29.4 Å². The second kappa shape index (κ2) is 11.4. The number of hydrogen-bond donors (Lipinski definition) is 5. The van der Waals surface area contributed by atoms with Gasteiger partial charge in [0, 0.05) is 18.5 Å². The first-order valence-corrected chi connectivity index (χ1v) is 14.2. The van der Waals surface area contributed by atoms with Gasteiger partial charge in [0.15, 0.2) is 23.1 Å². The van der Waals surface area contributed by atoms with Crippen molar-refractivity contribution >= 4 is 28.9 Å². The van der Waals surface area contributed by atoms with Crippen LogP contribution in [0.3, 0.4) is 0 Å². The quantitative estimate of drug-likeness (QED) is 0.150. The van der Waals surface area contributed by atoms with Crippen molar-refractivity contribution in [2.45, 2.75) is 77.0 Å². The Bertz CT molecular complexity index is 1500. The zero-order valence-electron chi connectivity index (χ0n) is 23.3. The van der Waals surface area contributed by atoms with Gasteiger partial charge >= 0.3 is 6.09 Å². The molecule has 11 heteroatoms. The summed E-state index contributed by atoms with van der Waals surface area (Å²) in [7, 11) is 0. The molecule has 2 atom stereocenters. The number of amidine groups is 1. The molecule has 0 saturated heterocycles. The van der Waals surface area contributed by atoms with E-state index in [4.69, 9.17) is 16.8 Å². The van der Waals surface area contributed by atoms with Crippen molar-refractivity contribution in [1.29, 1.82) is 5.41 Å². The van der Waals surface area contributed by atoms with Crippen molar-refractivity contribution < 1.29 is 19.4 Å². The van der Waals surface area contributed by atoms with E-state index >= 15 is 0 Å². The molecule has 2 aliphatic carbocycles. The van der Waals surface area contributed by atoms with Crippen LogP contribution in [0.25, 0.3) is 11.2 Å². The molecule has 2 fully saturated rings. The molecule has 0 spiro atoms. The summed E-state index contributed by atoms with van der Waals surface area (Å²) in [6.07, 6.45) is 11.2. The van der Waals surface area contributed by atoms with E-state index in [1.54, 1.807) is 13.0 Å². The summed E-state index contributed by atoms with van der Waals surface area (Å²) in [5, 5.41) is 34.8. The minimum absolute atomic E-state index is 0.0536. The van der Waals surface area contributed by atoms with Crippen LogP contribution < -0.4 is 10.6 Å². The van der Waals surface area contributed by atoms with Crippen molar-refractivity contribution in [3.8, 4) is 12.3 Å². The molecule has 0 aliphatic heterocycles. The monoisotopic (exact) mass is 561 g/mol. The number of hydrogen-bond acceptors (Lipinski definition) is 7. The highest BCUT2D eigenvalue weighted by atomic mass is 19.1. The number of imidazole rings is 1. The molecule has 3 aromatic rings. The number of aromatic nitrogens is 4. The summed E-state index contributed by atoms with van der Waals surface area (Å²) in [6, 6.07) is 5.83. The Morgan fingerprint density at radius 2 is 1.98 bits per heavy atom. The number of aliphatic hydroxyl groups is 1. The third kappa shape index (κ3) is 5.88. The SMILES string of the molecule is C#C[C@H]1CC[C@H](Cn2c(C(C)(O)c3cccc(F)c3)nc3nc(C(=N)NC(=O)O)nc(N[C@H](C)C4CCC4)c32)CC1. The second-order valence-electron chi connectivity index (χ2n) is 11.5. The topological polar surface area (TPSA) is 149 Å². The first-order valence-electron chi connectivity index (χ1n) is 14.2. The van der Waals surface area contributed by atoms with Gasteiger partial charge in [0.2, 0.25) is 0 Å². The van der Waals surface area contributed by atoms with E-state index in [9.17, 15) is 19.4 Å². The van der Waals surface area contributed by atoms with Gasteiger partial charge < -0.3 is 20.1 Å². The molecule has 1 unspecified atom stereocenters. The summed E-state index contributed by atoms with van der Waals surface area (Å²) >= 11 is 0. The zero-order chi connectivity index (χ0) is 29.3. The van der Waals surface area contributed by atoms with Crippen molar-refractivity contribution in [1.82, 2.24) is 24.8 Å². The Morgan fingerprint density at radius 1 is 1.24 bits per heavy atom. The van der Waals surface area contributed by atoms with Gasteiger partial charge in [0.25, 0.3) is 0 Å². The Balaban J connectivity index is 1.67. The highest BCUT2D eigenvalue weighted by molar-refractivity contribution is 6.03. The van der Waals surface area contributed by atoms with Gasteiger partial charge in [0.05, 0.1) is 0 Å². The van der Waals surface area contributed by atoms with Crippen molar-refractivity contribution in [3.05, 3.63) is 47.3 Å². The molecule has 2 aromatic heterocycles. The van der Waals surface area contributed by atoms with E-state index in [-0.39, 0.29) is 35.2 Å². The van der Waals surface area contributed by atoms with E-state index in [2.05, 4.69) is 28.1 Å². The van der Waals surface area contributed by atoms with E-state index in [1.165, 1.54) is 18.2 Å². The number of terminal acetylenes is 1. The molecule has 1 amide bonds. The predicted molar refractivity (Wildman–Crippen MR) is 153 cm³/mol. The van der Waals surface area contributed by atoms with Crippen molar-refractivity contribution in [2.75, 3.05) is 5.32 Å². The number of fused-ring (bicyclic) bond motifs is 1. The van der Waals surface area contributed by atoms with Crippen LogP contribution in [-0.2, 0) is 12.1 Å². The van der Waals surface area contributed by atoms with Crippen molar-refractivity contribution in [3.63, 3.8) is 0 Å². The molecule has 41 heavy (non-hydrogen) atoms. The van der Waals surface area contributed by atoms with Gasteiger partial charge in [-0.05, 0) is 81.9 Å². The van der Waals surface area contributed by atoms with E-state index in [0.717, 1.165) is 44.9 Å². The van der Waals surface area contributed by atoms with Crippen LogP contribution in [0.5, 0.6) is 0 Å². The molecular formula is C30H36FN7O3. The van der Waals surface area contributed by atoms with Crippen LogP contribution in [0.4, 0.5) is 15.0 Å². The summed E-state index contributed by atoms with van der Waals surface area (Å²) in [6.45, 7) is 4.15. The average molecular weight is 562 g/mol. The Hall–Kier alpha value is -4.04. The number of halogens is 1. The highest BCUT2D eigenvalue weighted by Crippen LogP contribution is 2.38. The number of anilines is 1. The van der Waals surface area contributed by atoms with Crippen LogP contribution >= 0.6 is 0 Å². The molecule has 5 N–H and O–H groups in total. The zero-order valence-corrected chi connectivity index (χ0v) is 23.3. The van der Waals surface area contributed by atoms with Crippen LogP contribution in [0.1, 0.15) is 76.0 Å². The number of nitrogens with zero attached hydrogens (tertiary/aromatic N) is 4. The largest absolute Gasteiger partial charge is 0.465 e. The van der Waals surface area contributed by atoms with Gasteiger partial charge in [-0.25, -0.2) is 24.1 Å². The Morgan fingerprint density at radius 3 is 2.59 bits per heavy atom. The Labute approximate surface area is 238 Å². The summed E-state index contributed by atoms with van der Waals surface area (Å²) in [5.41, 5.74) is -0.605. The standard InChI is InChI=1S/C30H36FN7O3/c1-4-18-11-13-19(14-12-18)16-38-23-25(33-17(2)20-7-5-8-20)35-27(24(32)34-29(39)40)36-26(23)37-28(38)30(3,41)21-9-6-10-22(31)15-21/h1,6,9-10,15,17-20,41H,5,7-8,11-14,16H2,2-3H3,(H2,32,34)(H,39,40)(H,33,35,36)/t17-,18-,19-,30?/m1/s1. The fourth-order valence-electron chi connectivity index (χ4n) is 5.92. The first kappa shape index (κ1) is 28.5. The lowest BCUT2D eigenvalue weighted by Crippen LogP contribution is -2.33. The van der Waals surface area contributed by atoms with Crippen LogP contribution in [0.15, 0.2) is 24.3 Å². The predicted octanol–water partition coefficient (Wildman–Crippen LogP) is 4.85. The normalized spacial score (nSPS) is 21.3. The molecule has 2 aliphatic rings. The Kier molecular flexibility index (Phi) is 7.95. The molecule has 10 nitrogen and oxygen atoms in total. The number of amides is 1. The molecule has 216 valence electrons. The lowest BCUT2D eigenvalue weighted by Gasteiger charge is -2.33. The molecule has 2 saturated carbocycles. The summed E-state index contributed by atoms with van der Waals surface area (Å²) in [5.74, 6) is 3.38. The second-order valence-corrected chi connectivity index (χ2v) is 11.5. The first-order chi connectivity index (χ1) is 19.6. The fraction of sp³-hybridized carbons (Fsp3) is 0.500. The molecule has 2 heterocycles. The van der Waals surface area contributed by atoms with Crippen LogP contribution in [-0.4, -0.2) is 47.7 Å². The van der Waals surface area contributed by atoms with E-state index in [1.807, 2.05) is 9.88 Å². The van der Waals surface area contributed by atoms with Gasteiger partial charge in [-0.1, -0.05) is 18.6 Å². The maximum absolute atomic E-state index is 14.3. The maximum atomic E-state index is 14.3. The number of rotatable bonds is 8. The minimum atomic E-state index is -1.69. The number of carbonyl (C=O) groups is 1. The summed E-state index contributed by atoms with van der Waals surface area (Å²) < 4.78 is 16.2. The number of nitrogens with one attached hydrogen (secondary N) is 3. The van der Waals surface area contributed by atoms with Gasteiger partial charge in [0.1, 0.15) is 22.8 Å². The maximum Gasteiger partial charge on any atom is 0.410 e. The highest BCUT2D eigenvalue weighted by Gasteiger charge is 2.36. The smallest absolute Gasteiger partial charge is 0.410 e. The van der Waals surface area contributed by atoms with Gasteiger partial charge in [-0.3, -0.25) is 10.7 Å².